The third-order valence-electron chi connectivity index (χ3n) is 0.707. The van der Waals surface area contributed by atoms with Gasteiger partial charge in [0.1, 0.15) is 0 Å². The lowest BCUT2D eigenvalue weighted by molar-refractivity contribution is 0.298. The van der Waals surface area contributed by atoms with Gasteiger partial charge in [-0.15, -0.1) is 0 Å². The summed E-state index contributed by atoms with van der Waals surface area (Å²) in [5.74, 6) is 0. The van der Waals surface area contributed by atoms with Crippen molar-refractivity contribution in [2.24, 2.45) is 0 Å². The molecule has 3 heteroatoms. The summed E-state index contributed by atoms with van der Waals surface area (Å²) in [4.78, 5) is 0. The highest BCUT2D eigenvalue weighted by Gasteiger charge is 1.75. The van der Waals surface area contributed by atoms with Crippen LogP contribution in [0.2, 0.25) is 0 Å². The molecule has 0 fully saturated rings. The molecule has 9 heavy (non-hydrogen) atoms. The zero-order valence-electron chi connectivity index (χ0n) is 5.52. The monoisotopic (exact) mass is 128 g/mol. The Labute approximate surface area is 54.9 Å². The first kappa shape index (κ1) is 8.17. The van der Waals surface area contributed by atoms with Crippen LogP contribution in [-0.2, 0) is 0 Å². The molecule has 0 aromatic rings. The molecular weight excluding hydrogens is 116 g/mol. The Morgan fingerprint density at radius 3 is 2.89 bits per heavy atom. The van der Waals surface area contributed by atoms with E-state index in [9.17, 15) is 0 Å². The molecule has 0 aliphatic carbocycles. The van der Waals surface area contributed by atoms with E-state index in [2.05, 4.69) is 5.32 Å². The smallest absolute Gasteiger partial charge is 0.0603 e. The van der Waals surface area contributed by atoms with E-state index in [1.54, 1.807) is 19.2 Å². The lowest BCUT2D eigenvalue weighted by atomic mass is 10.4. The number of hydrogen-bond donors (Lipinski definition) is 3. The summed E-state index contributed by atoms with van der Waals surface area (Å²) < 4.78 is 0. The van der Waals surface area contributed by atoms with Gasteiger partial charge in [0.05, 0.1) is 6.61 Å². The van der Waals surface area contributed by atoms with Crippen molar-refractivity contribution in [1.82, 2.24) is 5.32 Å². The van der Waals surface area contributed by atoms with Gasteiger partial charge in [-0.3, -0.25) is 0 Å². The predicted molar refractivity (Wildman–Crippen MR) is 37.6 cm³/mol. The zero-order valence-corrected chi connectivity index (χ0v) is 5.52. The van der Waals surface area contributed by atoms with Crippen LogP contribution in [0.25, 0.3) is 0 Å². The van der Waals surface area contributed by atoms with Crippen LogP contribution in [0.3, 0.4) is 0 Å². The normalized spacial score (nSPS) is 10.0. The van der Waals surface area contributed by atoms with Crippen molar-refractivity contribution in [3.8, 4) is 0 Å². The SMILES string of the molecule is CC(=N)/C=C\NCCO. The van der Waals surface area contributed by atoms with Crippen molar-refractivity contribution in [3.63, 3.8) is 0 Å². The Morgan fingerprint density at radius 2 is 2.44 bits per heavy atom. The number of nitrogens with one attached hydrogen (secondary N) is 2. The molecule has 0 amide bonds. The van der Waals surface area contributed by atoms with Gasteiger partial charge in [-0.2, -0.15) is 0 Å². The second-order valence-corrected chi connectivity index (χ2v) is 1.69. The maximum absolute atomic E-state index is 8.28. The van der Waals surface area contributed by atoms with Crippen molar-refractivity contribution in [3.05, 3.63) is 12.3 Å². The average Bonchev–Trinajstić information content (AvgIpc) is 1.80. The molecule has 0 atom stereocenters. The van der Waals surface area contributed by atoms with E-state index in [-0.39, 0.29) is 6.61 Å². The largest absolute Gasteiger partial charge is 0.395 e. The molecule has 52 valence electrons. The molecule has 0 aromatic carbocycles. The van der Waals surface area contributed by atoms with Crippen molar-refractivity contribution >= 4 is 5.71 Å². The molecule has 0 radical (unpaired) electrons. The van der Waals surface area contributed by atoms with Gasteiger partial charge in [0.2, 0.25) is 0 Å². The minimum absolute atomic E-state index is 0.126. The van der Waals surface area contributed by atoms with Crippen LogP contribution in [0.4, 0.5) is 0 Å². The van der Waals surface area contributed by atoms with Gasteiger partial charge < -0.3 is 15.8 Å². The van der Waals surface area contributed by atoms with Crippen molar-refractivity contribution in [2.75, 3.05) is 13.2 Å². The van der Waals surface area contributed by atoms with E-state index >= 15 is 0 Å². The predicted octanol–water partition coefficient (Wildman–Crippen LogP) is 0.122. The fourth-order valence-electron chi connectivity index (χ4n) is 0.332. The van der Waals surface area contributed by atoms with E-state index in [1.807, 2.05) is 0 Å². The van der Waals surface area contributed by atoms with Crippen LogP contribution in [-0.4, -0.2) is 24.0 Å². The number of hydrogen-bond acceptors (Lipinski definition) is 3. The number of aliphatic hydroxyl groups excluding tert-OH is 1. The van der Waals surface area contributed by atoms with E-state index in [0.717, 1.165) is 0 Å². The molecule has 3 nitrogen and oxygen atoms in total. The van der Waals surface area contributed by atoms with Crippen LogP contribution in [0, 0.1) is 5.41 Å². The molecule has 0 saturated heterocycles. The van der Waals surface area contributed by atoms with E-state index in [1.165, 1.54) is 0 Å². The van der Waals surface area contributed by atoms with Gasteiger partial charge in [-0.25, -0.2) is 0 Å². The molecule has 0 aliphatic heterocycles. The van der Waals surface area contributed by atoms with Crippen LogP contribution >= 0.6 is 0 Å². The first-order chi connectivity index (χ1) is 4.27. The second-order valence-electron chi connectivity index (χ2n) is 1.69. The summed E-state index contributed by atoms with van der Waals surface area (Å²) in [7, 11) is 0. The highest BCUT2D eigenvalue weighted by Crippen LogP contribution is 1.70. The summed E-state index contributed by atoms with van der Waals surface area (Å²) in [6, 6.07) is 0. The van der Waals surface area contributed by atoms with Gasteiger partial charge in [0.25, 0.3) is 0 Å². The molecule has 0 heterocycles. The quantitative estimate of drug-likeness (QED) is 0.372. The molecule has 0 spiro atoms. The summed E-state index contributed by atoms with van der Waals surface area (Å²) in [6.45, 7) is 2.36. The lowest BCUT2D eigenvalue weighted by Crippen LogP contribution is -2.10. The summed E-state index contributed by atoms with van der Waals surface area (Å²) in [6.07, 6.45) is 3.29. The minimum Gasteiger partial charge on any atom is -0.395 e. The Balaban J connectivity index is 3.15. The molecule has 0 rings (SSSR count). The van der Waals surface area contributed by atoms with E-state index in [4.69, 9.17) is 10.5 Å². The number of aliphatic hydroxyl groups is 1. The van der Waals surface area contributed by atoms with Crippen molar-refractivity contribution < 1.29 is 5.11 Å². The lowest BCUT2D eigenvalue weighted by Gasteiger charge is -1.92. The third kappa shape index (κ3) is 7.17. The minimum atomic E-state index is 0.126. The number of allylic oxidation sites excluding steroid dienone is 1. The number of rotatable bonds is 4. The van der Waals surface area contributed by atoms with Gasteiger partial charge in [-0.1, -0.05) is 0 Å². The van der Waals surface area contributed by atoms with E-state index in [0.29, 0.717) is 12.3 Å². The molecular formula is C6H12N2O. The molecule has 0 aromatic heterocycles. The Hall–Kier alpha value is -0.830. The Bertz CT molecular complexity index is 110. The molecule has 0 aliphatic rings. The van der Waals surface area contributed by atoms with Crippen LogP contribution in [0.1, 0.15) is 6.92 Å². The van der Waals surface area contributed by atoms with Gasteiger partial charge >= 0.3 is 0 Å². The second kappa shape index (κ2) is 5.31. The van der Waals surface area contributed by atoms with Gasteiger partial charge in [-0.05, 0) is 19.2 Å². The summed E-state index contributed by atoms with van der Waals surface area (Å²) >= 11 is 0. The summed E-state index contributed by atoms with van der Waals surface area (Å²) in [5, 5.41) is 18.0. The average molecular weight is 128 g/mol. The van der Waals surface area contributed by atoms with Gasteiger partial charge in [0, 0.05) is 12.3 Å². The first-order valence-electron chi connectivity index (χ1n) is 2.83. The van der Waals surface area contributed by atoms with Crippen molar-refractivity contribution in [2.45, 2.75) is 6.92 Å². The Kier molecular flexibility index (Phi) is 4.82. The molecule has 3 N–H and O–H groups in total. The molecule has 0 bridgehead atoms. The van der Waals surface area contributed by atoms with Crippen LogP contribution < -0.4 is 5.32 Å². The fraction of sp³-hybridized carbons (Fsp3) is 0.500. The topological polar surface area (TPSA) is 56.1 Å². The van der Waals surface area contributed by atoms with Crippen molar-refractivity contribution in [1.29, 1.82) is 5.41 Å². The third-order valence-corrected chi connectivity index (χ3v) is 0.707. The first-order valence-corrected chi connectivity index (χ1v) is 2.83. The molecule has 0 unspecified atom stereocenters. The van der Waals surface area contributed by atoms with Gasteiger partial charge in [0.15, 0.2) is 0 Å². The summed E-state index contributed by atoms with van der Waals surface area (Å²) in [5.41, 5.74) is 0.500. The zero-order chi connectivity index (χ0) is 7.11. The molecule has 0 saturated carbocycles. The maximum atomic E-state index is 8.28. The highest BCUT2D eigenvalue weighted by atomic mass is 16.3. The van der Waals surface area contributed by atoms with Crippen LogP contribution in [0.5, 0.6) is 0 Å². The van der Waals surface area contributed by atoms with Crippen LogP contribution in [0.15, 0.2) is 12.3 Å². The standard InChI is InChI=1S/C6H12N2O/c1-6(7)2-3-8-4-5-9/h2-3,7-9H,4-5H2,1H3/b3-2-,7-6?. The fourth-order valence-corrected chi connectivity index (χ4v) is 0.332. The Morgan fingerprint density at radius 1 is 1.78 bits per heavy atom. The maximum Gasteiger partial charge on any atom is 0.0603 e. The highest BCUT2D eigenvalue weighted by molar-refractivity contribution is 5.89. The van der Waals surface area contributed by atoms with E-state index < -0.39 is 0 Å².